The average molecular weight is 268 g/mol. The Labute approximate surface area is 119 Å². The van der Waals surface area contributed by atoms with E-state index in [1.807, 2.05) is 0 Å². The number of carbonyl (C=O) groups excluding carboxylic acids is 1. The van der Waals surface area contributed by atoms with Gasteiger partial charge in [-0.2, -0.15) is 0 Å². The normalized spacial score (nSPS) is 11.1. The van der Waals surface area contributed by atoms with Gasteiger partial charge in [0.1, 0.15) is 0 Å². The van der Waals surface area contributed by atoms with Crippen LogP contribution in [0, 0.1) is 0 Å². The van der Waals surface area contributed by atoms with Crippen LogP contribution in [-0.4, -0.2) is 12.6 Å². The van der Waals surface area contributed by atoms with Crippen LogP contribution in [0.2, 0.25) is 0 Å². The lowest BCUT2D eigenvalue weighted by molar-refractivity contribution is -0.141. The number of ether oxygens (including phenoxy) is 1. The van der Waals surface area contributed by atoms with Crippen molar-refractivity contribution >= 4 is 5.97 Å². The van der Waals surface area contributed by atoms with E-state index in [0.717, 1.165) is 12.8 Å². The number of rotatable bonds is 13. The van der Waals surface area contributed by atoms with Crippen LogP contribution < -0.4 is 0 Å². The molecule has 0 unspecified atom stereocenters. The molecule has 19 heavy (non-hydrogen) atoms. The highest BCUT2D eigenvalue weighted by Crippen LogP contribution is 2.07. The van der Waals surface area contributed by atoms with Crippen LogP contribution in [-0.2, 0) is 9.53 Å². The SMILES string of the molecule is CCCCCCC/C=C\CCCCCCOC(C)=O. The largest absolute Gasteiger partial charge is 0.466 e. The van der Waals surface area contributed by atoms with Crippen molar-refractivity contribution in [2.45, 2.75) is 84.5 Å². The molecule has 2 heteroatoms. The summed E-state index contributed by atoms with van der Waals surface area (Å²) in [6, 6.07) is 0. The Morgan fingerprint density at radius 3 is 1.89 bits per heavy atom. The van der Waals surface area contributed by atoms with Crippen molar-refractivity contribution in [2.24, 2.45) is 0 Å². The Kier molecular flexibility index (Phi) is 14.6. The Morgan fingerprint density at radius 1 is 0.842 bits per heavy atom. The quantitative estimate of drug-likeness (QED) is 0.253. The monoisotopic (exact) mass is 268 g/mol. The molecular weight excluding hydrogens is 236 g/mol. The predicted molar refractivity (Wildman–Crippen MR) is 82.2 cm³/mol. The van der Waals surface area contributed by atoms with Crippen LogP contribution >= 0.6 is 0 Å². The minimum Gasteiger partial charge on any atom is -0.466 e. The van der Waals surface area contributed by atoms with Crippen molar-refractivity contribution in [3.05, 3.63) is 12.2 Å². The van der Waals surface area contributed by atoms with Gasteiger partial charge < -0.3 is 4.74 Å². The summed E-state index contributed by atoms with van der Waals surface area (Å²) in [6.07, 6.45) is 18.6. The molecule has 0 aliphatic rings. The van der Waals surface area contributed by atoms with Gasteiger partial charge in [0.05, 0.1) is 6.61 Å². The van der Waals surface area contributed by atoms with Gasteiger partial charge in [0, 0.05) is 6.92 Å². The molecule has 0 atom stereocenters. The zero-order chi connectivity index (χ0) is 14.2. The lowest BCUT2D eigenvalue weighted by Crippen LogP contribution is -1.99. The van der Waals surface area contributed by atoms with Gasteiger partial charge in [0.15, 0.2) is 0 Å². The summed E-state index contributed by atoms with van der Waals surface area (Å²) in [6.45, 7) is 4.31. The summed E-state index contributed by atoms with van der Waals surface area (Å²) in [5.41, 5.74) is 0. The maximum absolute atomic E-state index is 10.5. The Balaban J connectivity index is 3.06. The summed E-state index contributed by atoms with van der Waals surface area (Å²) in [4.78, 5) is 10.5. The minimum atomic E-state index is -0.165. The van der Waals surface area contributed by atoms with Gasteiger partial charge in [0.25, 0.3) is 0 Å². The first-order chi connectivity index (χ1) is 9.27. The van der Waals surface area contributed by atoms with Gasteiger partial charge in [-0.3, -0.25) is 4.79 Å². The number of hydrogen-bond donors (Lipinski definition) is 0. The van der Waals surface area contributed by atoms with Crippen LogP contribution in [0.5, 0.6) is 0 Å². The lowest BCUT2D eigenvalue weighted by atomic mass is 10.1. The van der Waals surface area contributed by atoms with E-state index in [1.54, 1.807) is 0 Å². The van der Waals surface area contributed by atoms with Crippen molar-refractivity contribution in [3.63, 3.8) is 0 Å². The van der Waals surface area contributed by atoms with Gasteiger partial charge in [-0.25, -0.2) is 0 Å². The first kappa shape index (κ1) is 18.2. The minimum absolute atomic E-state index is 0.165. The molecule has 0 aromatic heterocycles. The third kappa shape index (κ3) is 17.2. The van der Waals surface area contributed by atoms with Crippen LogP contribution in [0.3, 0.4) is 0 Å². The highest BCUT2D eigenvalue weighted by Gasteiger charge is 1.93. The van der Waals surface area contributed by atoms with E-state index in [2.05, 4.69) is 19.1 Å². The summed E-state index contributed by atoms with van der Waals surface area (Å²) >= 11 is 0. The van der Waals surface area contributed by atoms with E-state index in [9.17, 15) is 4.79 Å². The summed E-state index contributed by atoms with van der Waals surface area (Å²) in [5, 5.41) is 0. The maximum atomic E-state index is 10.5. The van der Waals surface area contributed by atoms with Crippen molar-refractivity contribution in [2.75, 3.05) is 6.61 Å². The molecule has 0 aromatic rings. The van der Waals surface area contributed by atoms with Crippen molar-refractivity contribution in [1.29, 1.82) is 0 Å². The molecule has 0 radical (unpaired) electrons. The molecule has 0 saturated heterocycles. The van der Waals surface area contributed by atoms with Crippen LogP contribution in [0.15, 0.2) is 12.2 Å². The van der Waals surface area contributed by atoms with E-state index in [1.165, 1.54) is 64.7 Å². The molecule has 0 N–H and O–H groups in total. The molecule has 0 aliphatic carbocycles. The van der Waals surface area contributed by atoms with E-state index < -0.39 is 0 Å². The number of allylic oxidation sites excluding steroid dienone is 2. The molecule has 0 rings (SSSR count). The van der Waals surface area contributed by atoms with Gasteiger partial charge in [-0.1, -0.05) is 57.6 Å². The average Bonchev–Trinajstić information content (AvgIpc) is 2.39. The van der Waals surface area contributed by atoms with Gasteiger partial charge in [-0.05, 0) is 32.1 Å². The smallest absolute Gasteiger partial charge is 0.302 e. The zero-order valence-electron chi connectivity index (χ0n) is 13.0. The maximum Gasteiger partial charge on any atom is 0.302 e. The molecule has 0 fully saturated rings. The Hall–Kier alpha value is -0.790. The molecule has 0 heterocycles. The van der Waals surface area contributed by atoms with Gasteiger partial charge in [0.2, 0.25) is 0 Å². The highest BCUT2D eigenvalue weighted by molar-refractivity contribution is 5.65. The number of esters is 1. The molecule has 0 spiro atoms. The van der Waals surface area contributed by atoms with Crippen LogP contribution in [0.1, 0.15) is 84.5 Å². The molecule has 0 aromatic carbocycles. The first-order valence-electron chi connectivity index (χ1n) is 8.05. The predicted octanol–water partition coefficient (Wildman–Crippen LogP) is 5.42. The molecule has 0 bridgehead atoms. The third-order valence-corrected chi connectivity index (χ3v) is 3.21. The second-order valence-electron chi connectivity index (χ2n) is 5.22. The first-order valence-corrected chi connectivity index (χ1v) is 8.05. The second-order valence-corrected chi connectivity index (χ2v) is 5.22. The number of unbranched alkanes of at least 4 members (excludes halogenated alkanes) is 9. The molecule has 2 nitrogen and oxygen atoms in total. The Bertz CT molecular complexity index is 221. The fraction of sp³-hybridized carbons (Fsp3) is 0.824. The van der Waals surface area contributed by atoms with Gasteiger partial charge in [-0.15, -0.1) is 0 Å². The van der Waals surface area contributed by atoms with E-state index in [4.69, 9.17) is 4.74 Å². The standard InChI is InChI=1S/C17H32O2/c1-3-4-5-6-7-8-9-10-11-12-13-14-15-16-19-17(2)18/h9-10H,3-8,11-16H2,1-2H3/b10-9-. The highest BCUT2D eigenvalue weighted by atomic mass is 16.5. The summed E-state index contributed by atoms with van der Waals surface area (Å²) in [5.74, 6) is -0.165. The molecule has 0 amide bonds. The summed E-state index contributed by atoms with van der Waals surface area (Å²) < 4.78 is 4.89. The molecular formula is C17H32O2. The van der Waals surface area contributed by atoms with Gasteiger partial charge >= 0.3 is 5.97 Å². The third-order valence-electron chi connectivity index (χ3n) is 3.21. The molecule has 0 saturated carbocycles. The van der Waals surface area contributed by atoms with Crippen molar-refractivity contribution in [1.82, 2.24) is 0 Å². The van der Waals surface area contributed by atoms with Crippen molar-refractivity contribution < 1.29 is 9.53 Å². The van der Waals surface area contributed by atoms with E-state index >= 15 is 0 Å². The number of hydrogen-bond acceptors (Lipinski definition) is 2. The second kappa shape index (κ2) is 15.3. The zero-order valence-corrected chi connectivity index (χ0v) is 13.0. The fourth-order valence-corrected chi connectivity index (χ4v) is 2.04. The Morgan fingerprint density at radius 2 is 1.37 bits per heavy atom. The summed E-state index contributed by atoms with van der Waals surface area (Å²) in [7, 11) is 0. The van der Waals surface area contributed by atoms with Crippen LogP contribution in [0.25, 0.3) is 0 Å². The van der Waals surface area contributed by atoms with Crippen molar-refractivity contribution in [3.8, 4) is 0 Å². The topological polar surface area (TPSA) is 26.3 Å². The molecule has 112 valence electrons. The number of carbonyl (C=O) groups is 1. The molecule has 0 aliphatic heterocycles. The van der Waals surface area contributed by atoms with E-state index in [-0.39, 0.29) is 5.97 Å². The van der Waals surface area contributed by atoms with Crippen LogP contribution in [0.4, 0.5) is 0 Å². The fourth-order valence-electron chi connectivity index (χ4n) is 2.04. The lowest BCUT2D eigenvalue weighted by Gasteiger charge is -2.01. The van der Waals surface area contributed by atoms with E-state index in [0.29, 0.717) is 6.61 Å².